The van der Waals surface area contributed by atoms with Gasteiger partial charge in [-0.1, -0.05) is 33.6 Å². The van der Waals surface area contributed by atoms with Crippen molar-refractivity contribution in [1.29, 1.82) is 0 Å². The van der Waals surface area contributed by atoms with E-state index < -0.39 is 5.97 Å². The highest BCUT2D eigenvalue weighted by molar-refractivity contribution is 5.79. The van der Waals surface area contributed by atoms with Gasteiger partial charge in [-0.25, -0.2) is 0 Å². The Bertz CT molecular complexity index is 385. The van der Waals surface area contributed by atoms with Crippen LogP contribution in [0.25, 0.3) is 0 Å². The average molecular weight is 281 g/mol. The number of rotatable bonds is 3. The molecule has 0 aromatic rings. The number of carbonyl (C=O) groups is 2. The van der Waals surface area contributed by atoms with Crippen LogP contribution < -0.4 is 5.32 Å². The first-order chi connectivity index (χ1) is 9.34. The third-order valence-electron chi connectivity index (χ3n) is 5.79. The summed E-state index contributed by atoms with van der Waals surface area (Å²) in [6.07, 6.45) is 5.76. The lowest BCUT2D eigenvalue weighted by Gasteiger charge is -2.46. The zero-order chi connectivity index (χ0) is 14.9. The molecular weight excluding hydrogens is 254 g/mol. The van der Waals surface area contributed by atoms with Crippen LogP contribution in [0.5, 0.6) is 0 Å². The van der Waals surface area contributed by atoms with Gasteiger partial charge >= 0.3 is 5.97 Å². The second-order valence-electron chi connectivity index (χ2n) is 7.17. The van der Waals surface area contributed by atoms with Gasteiger partial charge in [-0.05, 0) is 37.0 Å². The molecule has 20 heavy (non-hydrogen) atoms. The van der Waals surface area contributed by atoms with Gasteiger partial charge < -0.3 is 10.4 Å². The molecule has 4 nitrogen and oxygen atoms in total. The number of carbonyl (C=O) groups excluding carboxylic acids is 1. The molecule has 1 amide bonds. The highest BCUT2D eigenvalue weighted by Gasteiger charge is 2.46. The SMILES string of the molecule is CC1C(NC(=O)C2CCCC2)CCC(C(=O)O)C1(C)C. The van der Waals surface area contributed by atoms with Crippen LogP contribution in [-0.2, 0) is 9.59 Å². The van der Waals surface area contributed by atoms with E-state index in [2.05, 4.69) is 12.2 Å². The van der Waals surface area contributed by atoms with Crippen molar-refractivity contribution >= 4 is 11.9 Å². The Labute approximate surface area is 121 Å². The second kappa shape index (κ2) is 5.74. The van der Waals surface area contributed by atoms with Crippen molar-refractivity contribution in [3.05, 3.63) is 0 Å². The van der Waals surface area contributed by atoms with Crippen molar-refractivity contribution in [2.75, 3.05) is 0 Å². The van der Waals surface area contributed by atoms with Gasteiger partial charge in [-0.3, -0.25) is 9.59 Å². The van der Waals surface area contributed by atoms with Gasteiger partial charge in [0.1, 0.15) is 0 Å². The Kier molecular flexibility index (Phi) is 4.40. The Hall–Kier alpha value is -1.06. The van der Waals surface area contributed by atoms with E-state index in [1.807, 2.05) is 13.8 Å². The number of carboxylic acid groups (broad SMARTS) is 1. The molecular formula is C16H27NO3. The Morgan fingerprint density at radius 3 is 2.25 bits per heavy atom. The molecule has 0 aliphatic heterocycles. The lowest BCUT2D eigenvalue weighted by molar-refractivity contribution is -0.150. The van der Waals surface area contributed by atoms with Crippen molar-refractivity contribution in [3.63, 3.8) is 0 Å². The summed E-state index contributed by atoms with van der Waals surface area (Å²) in [6.45, 7) is 6.11. The van der Waals surface area contributed by atoms with Crippen molar-refractivity contribution in [2.45, 2.75) is 65.3 Å². The Morgan fingerprint density at radius 2 is 1.70 bits per heavy atom. The maximum Gasteiger partial charge on any atom is 0.307 e. The molecule has 0 bridgehead atoms. The molecule has 2 fully saturated rings. The first kappa shape index (κ1) is 15.3. The summed E-state index contributed by atoms with van der Waals surface area (Å²) in [5, 5.41) is 12.5. The molecule has 0 spiro atoms. The summed E-state index contributed by atoms with van der Waals surface area (Å²) < 4.78 is 0. The van der Waals surface area contributed by atoms with Gasteiger partial charge in [0, 0.05) is 12.0 Å². The molecule has 0 aromatic carbocycles. The summed E-state index contributed by atoms with van der Waals surface area (Å²) in [7, 11) is 0. The maximum absolute atomic E-state index is 12.3. The minimum Gasteiger partial charge on any atom is -0.481 e. The fraction of sp³-hybridized carbons (Fsp3) is 0.875. The van der Waals surface area contributed by atoms with E-state index in [1.54, 1.807) is 0 Å². The molecule has 4 heteroatoms. The quantitative estimate of drug-likeness (QED) is 0.836. The van der Waals surface area contributed by atoms with E-state index in [4.69, 9.17) is 0 Å². The van der Waals surface area contributed by atoms with Gasteiger partial charge in [0.2, 0.25) is 5.91 Å². The number of aliphatic carboxylic acids is 1. The van der Waals surface area contributed by atoms with E-state index in [0.717, 1.165) is 32.1 Å². The molecule has 114 valence electrons. The largest absolute Gasteiger partial charge is 0.481 e. The van der Waals surface area contributed by atoms with E-state index >= 15 is 0 Å². The predicted octanol–water partition coefficient (Wildman–Crippen LogP) is 2.82. The summed E-state index contributed by atoms with van der Waals surface area (Å²) in [6, 6.07) is 0.119. The van der Waals surface area contributed by atoms with Crippen LogP contribution >= 0.6 is 0 Å². The lowest BCUT2D eigenvalue weighted by Crippen LogP contribution is -2.53. The minimum absolute atomic E-state index is 0.119. The first-order valence-corrected chi connectivity index (χ1v) is 7.87. The molecule has 2 aliphatic carbocycles. The summed E-state index contributed by atoms with van der Waals surface area (Å²) in [5.74, 6) is -0.464. The topological polar surface area (TPSA) is 66.4 Å². The first-order valence-electron chi connectivity index (χ1n) is 7.87. The Balaban J connectivity index is 2.00. The van der Waals surface area contributed by atoms with Gasteiger partial charge in [-0.2, -0.15) is 0 Å². The summed E-state index contributed by atoms with van der Waals surface area (Å²) >= 11 is 0. The molecule has 2 rings (SSSR count). The zero-order valence-electron chi connectivity index (χ0n) is 12.8. The fourth-order valence-electron chi connectivity index (χ4n) is 3.93. The fourth-order valence-corrected chi connectivity index (χ4v) is 3.93. The van der Waals surface area contributed by atoms with E-state index in [-0.39, 0.29) is 35.1 Å². The smallest absolute Gasteiger partial charge is 0.307 e. The third kappa shape index (κ3) is 2.84. The van der Waals surface area contributed by atoms with Gasteiger partial charge in [0.15, 0.2) is 0 Å². The third-order valence-corrected chi connectivity index (χ3v) is 5.79. The molecule has 0 heterocycles. The molecule has 3 atom stereocenters. The summed E-state index contributed by atoms with van der Waals surface area (Å²) in [5.41, 5.74) is -0.280. The van der Waals surface area contributed by atoms with E-state index in [1.165, 1.54) is 0 Å². The van der Waals surface area contributed by atoms with Crippen LogP contribution in [-0.4, -0.2) is 23.0 Å². The second-order valence-corrected chi connectivity index (χ2v) is 7.17. The number of nitrogens with one attached hydrogen (secondary N) is 1. The van der Waals surface area contributed by atoms with E-state index in [0.29, 0.717) is 6.42 Å². The summed E-state index contributed by atoms with van der Waals surface area (Å²) in [4.78, 5) is 23.6. The van der Waals surface area contributed by atoms with Gasteiger partial charge in [0.25, 0.3) is 0 Å². The van der Waals surface area contributed by atoms with Crippen LogP contribution in [0.3, 0.4) is 0 Å². The van der Waals surface area contributed by atoms with Crippen LogP contribution in [0.1, 0.15) is 59.3 Å². The van der Waals surface area contributed by atoms with Crippen LogP contribution in [0.15, 0.2) is 0 Å². The molecule has 2 saturated carbocycles. The van der Waals surface area contributed by atoms with Gasteiger partial charge in [0.05, 0.1) is 5.92 Å². The monoisotopic (exact) mass is 281 g/mol. The Morgan fingerprint density at radius 1 is 1.10 bits per heavy atom. The van der Waals surface area contributed by atoms with Crippen LogP contribution in [0.4, 0.5) is 0 Å². The number of hydrogen-bond donors (Lipinski definition) is 2. The van der Waals surface area contributed by atoms with Crippen molar-refractivity contribution in [3.8, 4) is 0 Å². The van der Waals surface area contributed by atoms with Crippen molar-refractivity contribution in [2.24, 2.45) is 23.2 Å². The minimum atomic E-state index is -0.706. The highest BCUT2D eigenvalue weighted by Crippen LogP contribution is 2.45. The number of hydrogen-bond acceptors (Lipinski definition) is 2. The van der Waals surface area contributed by atoms with E-state index in [9.17, 15) is 14.7 Å². The molecule has 2 aliphatic rings. The lowest BCUT2D eigenvalue weighted by atomic mass is 9.61. The number of amides is 1. The van der Waals surface area contributed by atoms with Gasteiger partial charge in [-0.15, -0.1) is 0 Å². The maximum atomic E-state index is 12.3. The molecule has 2 N–H and O–H groups in total. The molecule has 0 saturated heterocycles. The number of carboxylic acids is 1. The molecule has 3 unspecified atom stereocenters. The zero-order valence-corrected chi connectivity index (χ0v) is 12.8. The molecule has 0 radical (unpaired) electrons. The van der Waals surface area contributed by atoms with Crippen LogP contribution in [0.2, 0.25) is 0 Å². The predicted molar refractivity (Wildman–Crippen MR) is 77.2 cm³/mol. The molecule has 0 aromatic heterocycles. The average Bonchev–Trinajstić information content (AvgIpc) is 2.88. The van der Waals surface area contributed by atoms with Crippen molar-refractivity contribution in [1.82, 2.24) is 5.32 Å². The highest BCUT2D eigenvalue weighted by atomic mass is 16.4. The van der Waals surface area contributed by atoms with Crippen molar-refractivity contribution < 1.29 is 14.7 Å². The van der Waals surface area contributed by atoms with Crippen LogP contribution in [0, 0.1) is 23.2 Å². The standard InChI is InChI=1S/C16H27NO3/c1-10-13(17-14(18)11-6-4-5-7-11)9-8-12(15(19)20)16(10,2)3/h10-13H,4-9H2,1-3H3,(H,17,18)(H,19,20). The normalized spacial score (nSPS) is 33.9.